The van der Waals surface area contributed by atoms with Crippen LogP contribution in [0.5, 0.6) is 0 Å². The summed E-state index contributed by atoms with van der Waals surface area (Å²) in [7, 11) is -0.872. The molecule has 0 aliphatic carbocycles. The van der Waals surface area contributed by atoms with E-state index in [4.69, 9.17) is 5.26 Å². The van der Waals surface area contributed by atoms with E-state index in [0.717, 1.165) is 0 Å². The molecular weight excluding hydrogens is 272 g/mol. The van der Waals surface area contributed by atoms with Crippen molar-refractivity contribution in [2.75, 3.05) is 17.6 Å². The predicted molar refractivity (Wildman–Crippen MR) is 66.6 cm³/mol. The lowest BCUT2D eigenvalue weighted by atomic mass is 10.3. The number of hydrogen-bond acceptors (Lipinski definition) is 6. The molecule has 1 aromatic heterocycles. The van der Waals surface area contributed by atoms with E-state index in [1.807, 2.05) is 6.07 Å². The molecule has 8 nitrogen and oxygen atoms in total. The number of aromatic nitrogens is 2. The van der Waals surface area contributed by atoms with E-state index in [1.54, 1.807) is 0 Å². The van der Waals surface area contributed by atoms with Crippen LogP contribution in [0.1, 0.15) is 18.4 Å². The first-order chi connectivity index (χ1) is 8.89. The van der Waals surface area contributed by atoms with Gasteiger partial charge in [-0.05, 0) is 6.42 Å². The first-order valence-electron chi connectivity index (χ1n) is 5.39. The Hall–Kier alpha value is -2.08. The molecule has 0 radical (unpaired) electrons. The minimum absolute atomic E-state index is 0.0217. The number of esters is 1. The molecule has 104 valence electrons. The highest BCUT2D eigenvalue weighted by molar-refractivity contribution is 7.92. The van der Waals surface area contributed by atoms with Crippen molar-refractivity contribution < 1.29 is 17.9 Å². The summed E-state index contributed by atoms with van der Waals surface area (Å²) in [6.07, 6.45) is 1.43. The Morgan fingerprint density at radius 3 is 2.89 bits per heavy atom. The molecule has 0 spiro atoms. The molecule has 0 bridgehead atoms. The van der Waals surface area contributed by atoms with Gasteiger partial charge >= 0.3 is 5.97 Å². The molecule has 0 aromatic carbocycles. The number of anilines is 1. The summed E-state index contributed by atoms with van der Waals surface area (Å²) in [5.74, 6) is -0.591. The maximum Gasteiger partial charge on any atom is 0.305 e. The van der Waals surface area contributed by atoms with Crippen molar-refractivity contribution in [3.63, 3.8) is 0 Å². The van der Waals surface area contributed by atoms with Crippen LogP contribution in [0.15, 0.2) is 6.20 Å². The molecule has 0 atom stereocenters. The number of carbonyl (C=O) groups excluding carboxylic acids is 1. The minimum atomic E-state index is -3.63. The lowest BCUT2D eigenvalue weighted by Crippen LogP contribution is -2.20. The largest absolute Gasteiger partial charge is 0.469 e. The molecule has 1 heterocycles. The van der Waals surface area contributed by atoms with Gasteiger partial charge in [-0.25, -0.2) is 8.42 Å². The summed E-state index contributed by atoms with van der Waals surface area (Å²) in [4.78, 5) is 10.9. The Morgan fingerprint density at radius 2 is 2.32 bits per heavy atom. The summed E-state index contributed by atoms with van der Waals surface area (Å²) >= 11 is 0. The van der Waals surface area contributed by atoms with Gasteiger partial charge in [0.2, 0.25) is 10.0 Å². The monoisotopic (exact) mass is 286 g/mol. The molecule has 0 aliphatic rings. The quantitative estimate of drug-likeness (QED) is 0.735. The average Bonchev–Trinajstić information content (AvgIpc) is 2.69. The molecular formula is C10H14N4O4S. The van der Waals surface area contributed by atoms with Crippen LogP contribution >= 0.6 is 0 Å². The number of nitrogens with one attached hydrogen (secondary N) is 1. The Morgan fingerprint density at radius 1 is 1.63 bits per heavy atom. The van der Waals surface area contributed by atoms with Crippen molar-refractivity contribution in [3.05, 3.63) is 11.8 Å². The Labute approximate surface area is 111 Å². The molecule has 0 saturated heterocycles. The van der Waals surface area contributed by atoms with Crippen LogP contribution in [0.4, 0.5) is 5.82 Å². The van der Waals surface area contributed by atoms with Crippen LogP contribution in [0.25, 0.3) is 0 Å². The maximum atomic E-state index is 11.8. The highest BCUT2D eigenvalue weighted by atomic mass is 32.2. The number of nitriles is 1. The average molecular weight is 286 g/mol. The molecule has 1 rings (SSSR count). The van der Waals surface area contributed by atoms with Crippen molar-refractivity contribution in [1.82, 2.24) is 9.78 Å². The highest BCUT2D eigenvalue weighted by Gasteiger charge is 2.17. The van der Waals surface area contributed by atoms with E-state index >= 15 is 0 Å². The summed E-state index contributed by atoms with van der Waals surface area (Å²) in [6, 6.07) is 1.84. The van der Waals surface area contributed by atoms with Crippen LogP contribution < -0.4 is 4.72 Å². The number of aryl methyl sites for hydroxylation is 1. The third-order valence-corrected chi connectivity index (χ3v) is 3.66. The van der Waals surface area contributed by atoms with Gasteiger partial charge in [0.15, 0.2) is 5.82 Å². The normalized spacial score (nSPS) is 10.8. The first-order valence-corrected chi connectivity index (χ1v) is 7.04. The third kappa shape index (κ3) is 4.26. The zero-order chi connectivity index (χ0) is 14.5. The molecule has 1 N–H and O–H groups in total. The number of ether oxygens (including phenoxy) is 1. The fourth-order valence-corrected chi connectivity index (χ4v) is 2.51. The van der Waals surface area contributed by atoms with Gasteiger partial charge in [-0.15, -0.1) is 0 Å². The molecule has 0 amide bonds. The van der Waals surface area contributed by atoms with Crippen LogP contribution in [-0.2, 0) is 26.6 Å². The van der Waals surface area contributed by atoms with Crippen LogP contribution in [0.3, 0.4) is 0 Å². The van der Waals surface area contributed by atoms with E-state index in [-0.39, 0.29) is 30.0 Å². The summed E-state index contributed by atoms with van der Waals surface area (Å²) < 4.78 is 31.5. The van der Waals surface area contributed by atoms with E-state index in [9.17, 15) is 13.2 Å². The Balaban J connectivity index is 2.67. The second-order valence-corrected chi connectivity index (χ2v) is 5.58. The number of carbonyl (C=O) groups is 1. The number of hydrogen-bond donors (Lipinski definition) is 1. The van der Waals surface area contributed by atoms with E-state index in [0.29, 0.717) is 0 Å². The fraction of sp³-hybridized carbons (Fsp3) is 0.500. The van der Waals surface area contributed by atoms with Crippen molar-refractivity contribution >= 4 is 21.8 Å². The lowest BCUT2D eigenvalue weighted by Gasteiger charge is -2.08. The molecule has 9 heteroatoms. The van der Waals surface area contributed by atoms with Crippen LogP contribution in [0.2, 0.25) is 0 Å². The van der Waals surface area contributed by atoms with E-state index in [1.165, 1.54) is 25.0 Å². The molecule has 0 aliphatic heterocycles. The van der Waals surface area contributed by atoms with Gasteiger partial charge in [0.1, 0.15) is 11.6 Å². The van der Waals surface area contributed by atoms with Gasteiger partial charge in [0, 0.05) is 13.5 Å². The van der Waals surface area contributed by atoms with Crippen molar-refractivity contribution in [3.8, 4) is 6.07 Å². The van der Waals surface area contributed by atoms with Crippen molar-refractivity contribution in [2.45, 2.75) is 12.8 Å². The SMILES string of the molecule is COC(=O)CCCS(=O)(=O)Nc1c(C#N)cnn1C. The standard InChI is InChI=1S/C10H14N4O4S/c1-14-10(8(6-11)7-12-14)13-19(16,17)5-3-4-9(15)18-2/h7,13H,3-5H2,1-2H3. The summed E-state index contributed by atoms with van der Waals surface area (Å²) in [5, 5.41) is 12.6. The Kier molecular flexibility index (Phi) is 4.88. The van der Waals surface area contributed by atoms with Gasteiger partial charge in [0.05, 0.1) is 19.1 Å². The summed E-state index contributed by atoms with van der Waals surface area (Å²) in [5.41, 5.74) is 0.138. The van der Waals surface area contributed by atoms with Gasteiger partial charge in [-0.1, -0.05) is 0 Å². The number of rotatable bonds is 6. The highest BCUT2D eigenvalue weighted by Crippen LogP contribution is 2.14. The second kappa shape index (κ2) is 6.19. The van der Waals surface area contributed by atoms with Crippen molar-refractivity contribution in [1.29, 1.82) is 5.26 Å². The first kappa shape index (κ1) is 15.0. The minimum Gasteiger partial charge on any atom is -0.469 e. The lowest BCUT2D eigenvalue weighted by molar-refractivity contribution is -0.140. The molecule has 0 unspecified atom stereocenters. The van der Waals surface area contributed by atoms with Gasteiger partial charge in [-0.2, -0.15) is 10.4 Å². The predicted octanol–water partition coefficient (Wildman–Crippen LogP) is -0.0133. The fourth-order valence-electron chi connectivity index (χ4n) is 1.35. The van der Waals surface area contributed by atoms with Gasteiger partial charge < -0.3 is 4.74 Å². The van der Waals surface area contributed by atoms with E-state index < -0.39 is 16.0 Å². The second-order valence-electron chi connectivity index (χ2n) is 3.74. The molecule has 0 saturated carbocycles. The molecule has 0 fully saturated rings. The number of methoxy groups -OCH3 is 1. The van der Waals surface area contributed by atoms with E-state index in [2.05, 4.69) is 14.6 Å². The Bertz CT molecular complexity index is 600. The zero-order valence-corrected chi connectivity index (χ0v) is 11.4. The van der Waals surface area contributed by atoms with Crippen LogP contribution in [0, 0.1) is 11.3 Å². The molecule has 1 aromatic rings. The number of sulfonamides is 1. The van der Waals surface area contributed by atoms with Gasteiger partial charge in [-0.3, -0.25) is 14.2 Å². The molecule has 19 heavy (non-hydrogen) atoms. The van der Waals surface area contributed by atoms with Gasteiger partial charge in [0.25, 0.3) is 0 Å². The smallest absolute Gasteiger partial charge is 0.305 e. The zero-order valence-electron chi connectivity index (χ0n) is 10.6. The van der Waals surface area contributed by atoms with Crippen molar-refractivity contribution in [2.24, 2.45) is 7.05 Å². The number of nitrogens with zero attached hydrogens (tertiary/aromatic N) is 3. The third-order valence-electron chi connectivity index (χ3n) is 2.33. The topological polar surface area (TPSA) is 114 Å². The maximum absolute atomic E-state index is 11.8. The summed E-state index contributed by atoms with van der Waals surface area (Å²) in [6.45, 7) is 0. The van der Waals surface area contributed by atoms with Crippen LogP contribution in [-0.4, -0.2) is 37.0 Å².